The van der Waals surface area contributed by atoms with E-state index in [0.717, 1.165) is 6.42 Å². The number of hydrogen-bond acceptors (Lipinski definition) is 2. The number of nitrogens with zero attached hydrogens (tertiary/aromatic N) is 1. The minimum absolute atomic E-state index is 0.0273. The van der Waals surface area contributed by atoms with Gasteiger partial charge in [0.25, 0.3) is 5.91 Å². The van der Waals surface area contributed by atoms with Gasteiger partial charge >= 0.3 is 0 Å². The van der Waals surface area contributed by atoms with Crippen molar-refractivity contribution in [3.8, 4) is 0 Å². The van der Waals surface area contributed by atoms with Crippen molar-refractivity contribution in [2.75, 3.05) is 13.1 Å². The number of likely N-dealkylation sites (tertiary alicyclic amines) is 1. The minimum atomic E-state index is -0.459. The van der Waals surface area contributed by atoms with Gasteiger partial charge in [0.15, 0.2) is 0 Å². The van der Waals surface area contributed by atoms with E-state index in [0.29, 0.717) is 34.7 Å². The monoisotopic (exact) mass is 281 g/mol. The Morgan fingerprint density at radius 1 is 1.47 bits per heavy atom. The second kappa shape index (κ2) is 4.51. The van der Waals surface area contributed by atoms with Crippen LogP contribution in [0.25, 0.3) is 10.9 Å². The smallest absolute Gasteiger partial charge is 0.270 e. The summed E-state index contributed by atoms with van der Waals surface area (Å²) in [6.07, 6.45) is 0.798. The molecule has 3 rings (SSSR count). The quantitative estimate of drug-likeness (QED) is 0.841. The summed E-state index contributed by atoms with van der Waals surface area (Å²) in [4.78, 5) is 16.7. The van der Waals surface area contributed by atoms with Crippen LogP contribution in [0.5, 0.6) is 0 Å². The van der Waals surface area contributed by atoms with Crippen LogP contribution in [0.15, 0.2) is 18.2 Å². The van der Waals surface area contributed by atoms with Gasteiger partial charge in [0, 0.05) is 29.5 Å². The Labute approximate surface area is 114 Å². The van der Waals surface area contributed by atoms with Gasteiger partial charge in [-0.3, -0.25) is 4.79 Å². The molecule has 2 aromatic rings. The van der Waals surface area contributed by atoms with Crippen molar-refractivity contribution in [2.24, 2.45) is 5.73 Å². The van der Waals surface area contributed by atoms with Gasteiger partial charge in [-0.15, -0.1) is 0 Å². The highest BCUT2D eigenvalue weighted by molar-refractivity contribution is 6.31. The normalized spacial score (nSPS) is 19.3. The number of carbonyl (C=O) groups excluding carboxylic acids is 1. The Morgan fingerprint density at radius 3 is 2.95 bits per heavy atom. The molecule has 0 saturated carbocycles. The average molecular weight is 282 g/mol. The van der Waals surface area contributed by atoms with Crippen molar-refractivity contribution in [1.82, 2.24) is 9.88 Å². The van der Waals surface area contributed by atoms with Crippen molar-refractivity contribution in [3.05, 3.63) is 34.7 Å². The molecule has 4 nitrogen and oxygen atoms in total. The Balaban J connectivity index is 1.97. The first-order valence-corrected chi connectivity index (χ1v) is 6.45. The number of fused-ring (bicyclic) bond motifs is 1. The number of aromatic nitrogens is 1. The lowest BCUT2D eigenvalue weighted by atomic mass is 10.2. The van der Waals surface area contributed by atoms with Gasteiger partial charge in [0.05, 0.1) is 5.52 Å². The number of nitrogens with two attached hydrogens (primary N) is 1. The number of aromatic amines is 1. The van der Waals surface area contributed by atoms with Gasteiger partial charge in [-0.25, -0.2) is 4.39 Å². The van der Waals surface area contributed by atoms with Crippen molar-refractivity contribution in [2.45, 2.75) is 12.5 Å². The predicted octanol–water partition coefficient (Wildman–Crippen LogP) is 2.13. The van der Waals surface area contributed by atoms with Gasteiger partial charge in [-0.05, 0) is 24.6 Å². The maximum atomic E-state index is 13.7. The zero-order valence-electron chi connectivity index (χ0n) is 10.1. The molecule has 1 atom stereocenters. The summed E-state index contributed by atoms with van der Waals surface area (Å²) in [6.45, 7) is 1.18. The molecule has 100 valence electrons. The molecule has 0 radical (unpaired) electrons. The van der Waals surface area contributed by atoms with Crippen LogP contribution in [0, 0.1) is 5.82 Å². The summed E-state index contributed by atoms with van der Waals surface area (Å²) < 4.78 is 13.7. The number of nitrogens with one attached hydrogen (secondary N) is 1. The van der Waals surface area contributed by atoms with Crippen LogP contribution in [-0.4, -0.2) is 34.9 Å². The highest BCUT2D eigenvalue weighted by atomic mass is 35.5. The molecule has 1 amide bonds. The van der Waals surface area contributed by atoms with Crippen LogP contribution in [0.4, 0.5) is 4.39 Å². The molecule has 1 aliphatic rings. The molecule has 1 aromatic heterocycles. The van der Waals surface area contributed by atoms with Gasteiger partial charge in [0.2, 0.25) is 0 Å². The maximum absolute atomic E-state index is 13.7. The molecule has 0 bridgehead atoms. The third-order valence-corrected chi connectivity index (χ3v) is 3.61. The van der Waals surface area contributed by atoms with Crippen LogP contribution in [0.2, 0.25) is 5.02 Å². The number of benzene rings is 1. The standard InChI is InChI=1S/C13H13ClFN3O/c14-8-3-7-4-11(17-12(7)10(15)5-8)13(19)18-2-1-9(16)6-18/h3-5,9,17H,1-2,6,16H2. The van der Waals surface area contributed by atoms with Crippen LogP contribution < -0.4 is 5.73 Å². The van der Waals surface area contributed by atoms with E-state index in [1.54, 1.807) is 17.0 Å². The van der Waals surface area contributed by atoms with Gasteiger partial charge in [-0.2, -0.15) is 0 Å². The fourth-order valence-corrected chi connectivity index (χ4v) is 2.64. The molecule has 6 heteroatoms. The van der Waals surface area contributed by atoms with Crippen LogP contribution in [0.1, 0.15) is 16.9 Å². The van der Waals surface area contributed by atoms with Crippen molar-refractivity contribution < 1.29 is 9.18 Å². The van der Waals surface area contributed by atoms with Gasteiger partial charge in [0.1, 0.15) is 11.5 Å². The summed E-state index contributed by atoms with van der Waals surface area (Å²) >= 11 is 5.79. The molecule has 1 aromatic carbocycles. The fourth-order valence-electron chi connectivity index (χ4n) is 2.42. The molecule has 19 heavy (non-hydrogen) atoms. The molecule has 1 fully saturated rings. The molecule has 1 unspecified atom stereocenters. The van der Waals surface area contributed by atoms with E-state index in [-0.39, 0.29) is 11.9 Å². The molecule has 0 aliphatic carbocycles. The Kier molecular flexibility index (Phi) is 2.95. The summed E-state index contributed by atoms with van der Waals surface area (Å²) in [5.74, 6) is -0.612. The van der Waals surface area contributed by atoms with E-state index in [9.17, 15) is 9.18 Å². The third kappa shape index (κ3) is 2.19. The molecule has 0 spiro atoms. The number of rotatable bonds is 1. The lowest BCUT2D eigenvalue weighted by Crippen LogP contribution is -2.32. The number of H-pyrrole nitrogens is 1. The molecular weight excluding hydrogens is 269 g/mol. The Hall–Kier alpha value is -1.59. The van der Waals surface area contributed by atoms with Crippen molar-refractivity contribution >= 4 is 28.4 Å². The highest BCUT2D eigenvalue weighted by Gasteiger charge is 2.25. The van der Waals surface area contributed by atoms with E-state index in [1.807, 2.05) is 0 Å². The molecular formula is C13H13ClFN3O. The van der Waals surface area contributed by atoms with E-state index in [2.05, 4.69) is 4.98 Å². The average Bonchev–Trinajstić information content (AvgIpc) is 2.94. The first-order chi connectivity index (χ1) is 9.04. The Morgan fingerprint density at radius 2 is 2.26 bits per heavy atom. The fraction of sp³-hybridized carbons (Fsp3) is 0.308. The maximum Gasteiger partial charge on any atom is 0.270 e. The first-order valence-electron chi connectivity index (χ1n) is 6.07. The van der Waals surface area contributed by atoms with Crippen molar-refractivity contribution in [1.29, 1.82) is 0 Å². The summed E-state index contributed by atoms with van der Waals surface area (Å²) in [6, 6.07) is 4.50. The lowest BCUT2D eigenvalue weighted by Gasteiger charge is -2.14. The van der Waals surface area contributed by atoms with E-state index < -0.39 is 5.82 Å². The van der Waals surface area contributed by atoms with Crippen molar-refractivity contribution in [3.63, 3.8) is 0 Å². The lowest BCUT2D eigenvalue weighted by molar-refractivity contribution is 0.0786. The highest BCUT2D eigenvalue weighted by Crippen LogP contribution is 2.24. The summed E-state index contributed by atoms with van der Waals surface area (Å²) in [5, 5.41) is 0.906. The van der Waals surface area contributed by atoms with E-state index >= 15 is 0 Å². The van der Waals surface area contributed by atoms with Crippen LogP contribution >= 0.6 is 11.6 Å². The van der Waals surface area contributed by atoms with E-state index in [1.165, 1.54) is 6.07 Å². The largest absolute Gasteiger partial charge is 0.348 e. The minimum Gasteiger partial charge on any atom is -0.348 e. The number of amides is 1. The molecule has 1 aliphatic heterocycles. The molecule has 1 saturated heterocycles. The summed E-state index contributed by atoms with van der Waals surface area (Å²) in [7, 11) is 0. The zero-order valence-corrected chi connectivity index (χ0v) is 10.9. The van der Waals surface area contributed by atoms with Crippen LogP contribution in [-0.2, 0) is 0 Å². The van der Waals surface area contributed by atoms with E-state index in [4.69, 9.17) is 17.3 Å². The SMILES string of the molecule is NC1CCN(C(=O)c2cc3cc(Cl)cc(F)c3[nH]2)C1. The second-order valence-electron chi connectivity index (χ2n) is 4.83. The van der Waals surface area contributed by atoms with Gasteiger partial charge in [-0.1, -0.05) is 11.6 Å². The first kappa shape index (κ1) is 12.4. The summed E-state index contributed by atoms with van der Waals surface area (Å²) in [5.41, 5.74) is 6.45. The molecule has 3 N–H and O–H groups in total. The second-order valence-corrected chi connectivity index (χ2v) is 5.27. The number of carbonyl (C=O) groups is 1. The number of hydrogen-bond donors (Lipinski definition) is 2. The Bertz CT molecular complexity index is 655. The van der Waals surface area contributed by atoms with Gasteiger partial charge < -0.3 is 15.6 Å². The zero-order chi connectivity index (χ0) is 13.6. The third-order valence-electron chi connectivity index (χ3n) is 3.39. The van der Waals surface area contributed by atoms with Crippen LogP contribution in [0.3, 0.4) is 0 Å². The molecule has 2 heterocycles. The predicted molar refractivity (Wildman–Crippen MR) is 71.8 cm³/mol. The number of halogens is 2. The topological polar surface area (TPSA) is 62.1 Å².